The van der Waals surface area contributed by atoms with Crippen molar-refractivity contribution in [3.63, 3.8) is 0 Å². The molecule has 9 N–H and O–H groups in total. The topological polar surface area (TPSA) is 231 Å². The SMILES string of the molecule is CC(C)CC(NC(=O)C(CC(C)C)NC(=O)C(CC(=O)O)NC(=O)C(N)CCC(N)=O)C(=O)O. The summed E-state index contributed by atoms with van der Waals surface area (Å²) >= 11 is 0. The van der Waals surface area contributed by atoms with Crippen LogP contribution < -0.4 is 27.4 Å². The molecule has 0 aromatic rings. The summed E-state index contributed by atoms with van der Waals surface area (Å²) < 4.78 is 0. The molecule has 0 aliphatic carbocycles. The van der Waals surface area contributed by atoms with Crippen molar-refractivity contribution in [1.29, 1.82) is 0 Å². The number of rotatable bonds is 16. The predicted molar refractivity (Wildman–Crippen MR) is 121 cm³/mol. The van der Waals surface area contributed by atoms with E-state index in [1.165, 1.54) is 0 Å². The molecule has 0 radical (unpaired) electrons. The monoisotopic (exact) mass is 487 g/mol. The van der Waals surface area contributed by atoms with E-state index in [4.69, 9.17) is 16.6 Å². The molecule has 194 valence electrons. The predicted octanol–water partition coefficient (Wildman–Crippen LogP) is -1.31. The van der Waals surface area contributed by atoms with Gasteiger partial charge in [-0.05, 0) is 31.1 Å². The zero-order valence-corrected chi connectivity index (χ0v) is 20.0. The van der Waals surface area contributed by atoms with E-state index in [0.717, 1.165) is 0 Å². The highest BCUT2D eigenvalue weighted by Gasteiger charge is 2.32. The lowest BCUT2D eigenvalue weighted by Gasteiger charge is -2.26. The second-order valence-electron chi connectivity index (χ2n) is 8.99. The summed E-state index contributed by atoms with van der Waals surface area (Å²) in [5, 5.41) is 25.6. The first-order valence-corrected chi connectivity index (χ1v) is 11.0. The molecule has 0 saturated heterocycles. The van der Waals surface area contributed by atoms with Crippen LogP contribution in [0.15, 0.2) is 0 Å². The normalized spacial score (nSPS) is 14.6. The molecule has 0 aromatic carbocycles. The van der Waals surface area contributed by atoms with Crippen LogP contribution >= 0.6 is 0 Å². The van der Waals surface area contributed by atoms with Gasteiger partial charge in [0.25, 0.3) is 0 Å². The molecule has 4 amide bonds. The Labute approximate surface area is 198 Å². The van der Waals surface area contributed by atoms with Crippen molar-refractivity contribution < 1.29 is 39.0 Å². The highest BCUT2D eigenvalue weighted by Crippen LogP contribution is 2.10. The number of carboxylic acid groups (broad SMARTS) is 2. The van der Waals surface area contributed by atoms with Crippen LogP contribution in [0, 0.1) is 11.8 Å². The molecule has 13 nitrogen and oxygen atoms in total. The first kappa shape index (κ1) is 30.8. The van der Waals surface area contributed by atoms with Crippen LogP contribution in [0.5, 0.6) is 0 Å². The molecule has 0 rings (SSSR count). The number of nitrogens with one attached hydrogen (secondary N) is 3. The molecular formula is C21H37N5O8. The van der Waals surface area contributed by atoms with Crippen LogP contribution in [-0.4, -0.2) is 69.9 Å². The number of amides is 4. The number of primary amides is 1. The molecule has 0 saturated carbocycles. The molecule has 0 heterocycles. The zero-order valence-electron chi connectivity index (χ0n) is 20.0. The summed E-state index contributed by atoms with van der Waals surface area (Å²) in [7, 11) is 0. The quantitative estimate of drug-likeness (QED) is 0.137. The largest absolute Gasteiger partial charge is 0.481 e. The van der Waals surface area contributed by atoms with E-state index in [1.54, 1.807) is 27.7 Å². The zero-order chi connectivity index (χ0) is 26.6. The Morgan fingerprint density at radius 1 is 0.735 bits per heavy atom. The highest BCUT2D eigenvalue weighted by atomic mass is 16.4. The lowest BCUT2D eigenvalue weighted by Crippen LogP contribution is -2.57. The van der Waals surface area contributed by atoms with Gasteiger partial charge < -0.3 is 37.6 Å². The average molecular weight is 488 g/mol. The third kappa shape index (κ3) is 12.7. The van der Waals surface area contributed by atoms with Crippen LogP contribution in [0.4, 0.5) is 0 Å². The van der Waals surface area contributed by atoms with Crippen molar-refractivity contribution in [1.82, 2.24) is 16.0 Å². The van der Waals surface area contributed by atoms with Crippen molar-refractivity contribution >= 4 is 35.6 Å². The van der Waals surface area contributed by atoms with Gasteiger partial charge in [-0.3, -0.25) is 24.0 Å². The van der Waals surface area contributed by atoms with Gasteiger partial charge in [0.1, 0.15) is 18.1 Å². The second-order valence-corrected chi connectivity index (χ2v) is 8.99. The minimum atomic E-state index is -1.56. The van der Waals surface area contributed by atoms with Gasteiger partial charge in [0.2, 0.25) is 23.6 Å². The Hall–Kier alpha value is -3.22. The third-order valence-electron chi connectivity index (χ3n) is 4.71. The highest BCUT2D eigenvalue weighted by molar-refractivity contribution is 5.95. The van der Waals surface area contributed by atoms with Crippen molar-refractivity contribution in [3.8, 4) is 0 Å². The smallest absolute Gasteiger partial charge is 0.326 e. The maximum atomic E-state index is 12.8. The van der Waals surface area contributed by atoms with Crippen LogP contribution in [-0.2, 0) is 28.8 Å². The van der Waals surface area contributed by atoms with Crippen LogP contribution in [0.3, 0.4) is 0 Å². The maximum absolute atomic E-state index is 12.8. The van der Waals surface area contributed by atoms with Gasteiger partial charge in [-0.15, -0.1) is 0 Å². The number of carbonyl (C=O) groups excluding carboxylic acids is 4. The molecule has 0 bridgehead atoms. The number of hydrogen-bond donors (Lipinski definition) is 7. The van der Waals surface area contributed by atoms with Gasteiger partial charge in [0.05, 0.1) is 12.5 Å². The van der Waals surface area contributed by atoms with E-state index >= 15 is 0 Å². The maximum Gasteiger partial charge on any atom is 0.326 e. The van der Waals surface area contributed by atoms with Crippen LogP contribution in [0.25, 0.3) is 0 Å². The lowest BCUT2D eigenvalue weighted by molar-refractivity contribution is -0.143. The van der Waals surface area contributed by atoms with E-state index in [9.17, 15) is 33.9 Å². The lowest BCUT2D eigenvalue weighted by atomic mass is 10.00. The summed E-state index contributed by atoms with van der Waals surface area (Å²) in [6, 6.07) is -5.10. The molecule has 13 heteroatoms. The average Bonchev–Trinajstić information content (AvgIpc) is 2.68. The molecule has 0 spiro atoms. The summed E-state index contributed by atoms with van der Waals surface area (Å²) in [5.41, 5.74) is 10.7. The van der Waals surface area contributed by atoms with Crippen molar-refractivity contribution in [2.24, 2.45) is 23.3 Å². The molecule has 0 aliphatic heterocycles. The van der Waals surface area contributed by atoms with Crippen molar-refractivity contribution in [2.75, 3.05) is 0 Å². The van der Waals surface area contributed by atoms with Gasteiger partial charge >= 0.3 is 11.9 Å². The summed E-state index contributed by atoms with van der Waals surface area (Å²) in [6.45, 7) is 7.15. The van der Waals surface area contributed by atoms with Gasteiger partial charge in [-0.25, -0.2) is 4.79 Å². The number of hydrogen-bond acceptors (Lipinski definition) is 7. The first-order chi connectivity index (χ1) is 15.6. The van der Waals surface area contributed by atoms with Gasteiger partial charge in [-0.2, -0.15) is 0 Å². The number of carbonyl (C=O) groups is 6. The van der Waals surface area contributed by atoms with E-state index in [1.807, 2.05) is 0 Å². The molecule has 4 atom stereocenters. The molecule has 4 unspecified atom stereocenters. The Balaban J connectivity index is 5.50. The number of carboxylic acids is 2. The fourth-order valence-corrected chi connectivity index (χ4v) is 3.03. The summed E-state index contributed by atoms with van der Waals surface area (Å²) in [4.78, 5) is 71.4. The number of nitrogens with two attached hydrogens (primary N) is 2. The van der Waals surface area contributed by atoms with Crippen molar-refractivity contribution in [2.45, 2.75) is 84.0 Å². The van der Waals surface area contributed by atoms with Gasteiger partial charge in [0, 0.05) is 6.42 Å². The Morgan fingerprint density at radius 2 is 1.18 bits per heavy atom. The molecule has 0 aliphatic rings. The minimum absolute atomic E-state index is 0.0199. The molecule has 0 fully saturated rings. The Kier molecular flexibility index (Phi) is 13.4. The second kappa shape index (κ2) is 14.8. The van der Waals surface area contributed by atoms with E-state index in [0.29, 0.717) is 0 Å². The fraction of sp³-hybridized carbons (Fsp3) is 0.714. The van der Waals surface area contributed by atoms with E-state index < -0.39 is 66.2 Å². The van der Waals surface area contributed by atoms with Gasteiger partial charge in [0.15, 0.2) is 0 Å². The standard InChI is InChI=1S/C21H37N5O8/c1-10(2)7-13(19(31)26-15(21(33)34)8-11(3)4)25-20(32)14(9-17(28)29)24-18(30)12(22)5-6-16(23)27/h10-15H,5-9,22H2,1-4H3,(H2,23,27)(H,24,30)(H,25,32)(H,26,31)(H,28,29)(H,33,34). The summed E-state index contributed by atoms with van der Waals surface area (Å²) in [6.07, 6.45) is -0.765. The van der Waals surface area contributed by atoms with Crippen LogP contribution in [0.1, 0.15) is 59.8 Å². The minimum Gasteiger partial charge on any atom is -0.481 e. The fourth-order valence-electron chi connectivity index (χ4n) is 3.03. The summed E-state index contributed by atoms with van der Waals surface area (Å²) in [5.74, 6) is -5.95. The number of aliphatic carboxylic acids is 2. The Morgan fingerprint density at radius 3 is 1.62 bits per heavy atom. The van der Waals surface area contributed by atoms with Gasteiger partial charge in [-0.1, -0.05) is 27.7 Å². The first-order valence-electron chi connectivity index (χ1n) is 11.0. The molecule has 34 heavy (non-hydrogen) atoms. The van der Waals surface area contributed by atoms with E-state index in [-0.39, 0.29) is 37.5 Å². The Bertz CT molecular complexity index is 755. The molecule has 0 aromatic heterocycles. The molecular weight excluding hydrogens is 450 g/mol. The van der Waals surface area contributed by atoms with Crippen molar-refractivity contribution in [3.05, 3.63) is 0 Å². The third-order valence-corrected chi connectivity index (χ3v) is 4.71. The van der Waals surface area contributed by atoms with E-state index in [2.05, 4.69) is 16.0 Å². The van der Waals surface area contributed by atoms with Crippen LogP contribution in [0.2, 0.25) is 0 Å².